The van der Waals surface area contributed by atoms with Crippen LogP contribution in [-0.4, -0.2) is 36.7 Å². The minimum absolute atomic E-state index is 0.799. The molecule has 0 amide bonds. The largest absolute Gasteiger partial charge is 0.361 e. The zero-order valence-corrected chi connectivity index (χ0v) is 14.7. The van der Waals surface area contributed by atoms with Crippen molar-refractivity contribution in [2.24, 2.45) is 4.99 Å². The minimum Gasteiger partial charge on any atom is -0.361 e. The van der Waals surface area contributed by atoms with Gasteiger partial charge in [-0.05, 0) is 32.8 Å². The fourth-order valence-corrected chi connectivity index (χ4v) is 2.59. The molecule has 0 aliphatic carbocycles. The summed E-state index contributed by atoms with van der Waals surface area (Å²) in [6.07, 6.45) is 0.874. The molecule has 1 N–H and O–H groups in total. The van der Waals surface area contributed by atoms with E-state index in [2.05, 4.69) is 51.6 Å². The van der Waals surface area contributed by atoms with Gasteiger partial charge in [-0.1, -0.05) is 35.0 Å². The molecule has 0 fully saturated rings. The van der Waals surface area contributed by atoms with Crippen molar-refractivity contribution in [1.29, 1.82) is 0 Å². The smallest absolute Gasteiger partial charge is 0.193 e. The topological polar surface area (TPSA) is 53.7 Å². The van der Waals surface area contributed by atoms with E-state index in [0.717, 1.165) is 36.9 Å². The Morgan fingerprint density at radius 2 is 1.91 bits per heavy atom. The van der Waals surface area contributed by atoms with Crippen molar-refractivity contribution < 1.29 is 4.52 Å². The summed E-state index contributed by atoms with van der Waals surface area (Å²) in [4.78, 5) is 6.48. The highest BCUT2D eigenvalue weighted by molar-refractivity contribution is 5.79. The summed E-state index contributed by atoms with van der Waals surface area (Å²) in [5.41, 5.74) is 4.69. The van der Waals surface area contributed by atoms with Crippen LogP contribution in [0, 0.1) is 20.8 Å². The number of benzene rings is 1. The Balaban J connectivity index is 1.88. The van der Waals surface area contributed by atoms with Gasteiger partial charge < -0.3 is 14.7 Å². The van der Waals surface area contributed by atoms with Gasteiger partial charge in [0.1, 0.15) is 5.76 Å². The van der Waals surface area contributed by atoms with Crippen molar-refractivity contribution in [3.63, 3.8) is 0 Å². The van der Waals surface area contributed by atoms with Crippen LogP contribution < -0.4 is 5.32 Å². The summed E-state index contributed by atoms with van der Waals surface area (Å²) >= 11 is 0. The summed E-state index contributed by atoms with van der Waals surface area (Å²) in [7, 11) is 3.86. The average molecular weight is 314 g/mol. The quantitative estimate of drug-likeness (QED) is 0.681. The lowest BCUT2D eigenvalue weighted by Crippen LogP contribution is -2.39. The van der Waals surface area contributed by atoms with Gasteiger partial charge in [0.25, 0.3) is 0 Å². The summed E-state index contributed by atoms with van der Waals surface area (Å²) in [5, 5.41) is 7.39. The lowest BCUT2D eigenvalue weighted by Gasteiger charge is -2.22. The van der Waals surface area contributed by atoms with Crippen molar-refractivity contribution in [3.05, 3.63) is 52.4 Å². The molecule has 5 heteroatoms. The fraction of sp³-hybridized carbons (Fsp3) is 0.444. The van der Waals surface area contributed by atoms with Crippen LogP contribution in [0.3, 0.4) is 0 Å². The maximum absolute atomic E-state index is 5.20. The third-order valence-electron chi connectivity index (χ3n) is 3.95. The molecule has 0 saturated carbocycles. The van der Waals surface area contributed by atoms with Gasteiger partial charge in [0.15, 0.2) is 5.96 Å². The van der Waals surface area contributed by atoms with E-state index in [-0.39, 0.29) is 0 Å². The summed E-state index contributed by atoms with van der Waals surface area (Å²) in [6.45, 7) is 7.65. The number of aliphatic imine (C=N–C) groups is 1. The van der Waals surface area contributed by atoms with Gasteiger partial charge in [0.2, 0.25) is 0 Å². The second-order valence-corrected chi connectivity index (χ2v) is 5.87. The molecule has 0 atom stereocenters. The summed E-state index contributed by atoms with van der Waals surface area (Å²) < 4.78 is 5.20. The normalized spacial score (nSPS) is 11.6. The van der Waals surface area contributed by atoms with E-state index in [1.165, 1.54) is 16.7 Å². The van der Waals surface area contributed by atoms with Gasteiger partial charge in [-0.15, -0.1) is 0 Å². The molecule has 124 valence electrons. The van der Waals surface area contributed by atoms with Crippen LogP contribution in [0.25, 0.3) is 0 Å². The molecule has 0 bridgehead atoms. The predicted molar refractivity (Wildman–Crippen MR) is 93.7 cm³/mol. The first-order chi connectivity index (χ1) is 11.0. The highest BCUT2D eigenvalue weighted by Gasteiger charge is 2.10. The molecule has 0 saturated heterocycles. The van der Waals surface area contributed by atoms with E-state index in [9.17, 15) is 0 Å². The maximum Gasteiger partial charge on any atom is 0.193 e. The van der Waals surface area contributed by atoms with Crippen molar-refractivity contribution >= 4 is 5.96 Å². The highest BCUT2D eigenvalue weighted by Crippen LogP contribution is 2.12. The Bertz CT molecular complexity index is 639. The molecule has 0 spiro atoms. The molecule has 1 aromatic carbocycles. The fourth-order valence-electron chi connectivity index (χ4n) is 2.59. The van der Waals surface area contributed by atoms with E-state index in [1.54, 1.807) is 0 Å². The monoisotopic (exact) mass is 314 g/mol. The Labute approximate surface area is 138 Å². The predicted octanol–water partition coefficient (Wildman–Crippen LogP) is 2.85. The first kappa shape index (κ1) is 17.1. The van der Waals surface area contributed by atoms with Crippen LogP contribution in [-0.2, 0) is 13.0 Å². The van der Waals surface area contributed by atoms with Gasteiger partial charge >= 0.3 is 0 Å². The van der Waals surface area contributed by atoms with Crippen LogP contribution in [0.15, 0.2) is 33.8 Å². The standard InChI is InChI=1S/C18H26N4O/c1-13-6-8-16(9-7-13)12-22(5)18(19-4)20-11-10-17-14(2)21-23-15(17)3/h6-9H,10-12H2,1-5H3,(H,19,20). The van der Waals surface area contributed by atoms with Crippen LogP contribution in [0.5, 0.6) is 0 Å². The minimum atomic E-state index is 0.799. The molecule has 2 rings (SSSR count). The number of guanidine groups is 1. The molecule has 5 nitrogen and oxygen atoms in total. The van der Waals surface area contributed by atoms with E-state index in [1.807, 2.05) is 27.9 Å². The number of hydrogen-bond donors (Lipinski definition) is 1. The first-order valence-corrected chi connectivity index (χ1v) is 7.90. The molecule has 0 aliphatic rings. The van der Waals surface area contributed by atoms with Gasteiger partial charge in [-0.2, -0.15) is 0 Å². The molecular formula is C18H26N4O. The lowest BCUT2D eigenvalue weighted by molar-refractivity contribution is 0.392. The number of nitrogens with zero attached hydrogens (tertiary/aromatic N) is 3. The molecule has 0 aliphatic heterocycles. The number of aromatic nitrogens is 1. The molecule has 0 radical (unpaired) electrons. The SMILES string of the molecule is CN=C(NCCc1c(C)noc1C)N(C)Cc1ccc(C)cc1. The van der Waals surface area contributed by atoms with Crippen LogP contribution in [0.4, 0.5) is 0 Å². The Hall–Kier alpha value is -2.30. The van der Waals surface area contributed by atoms with Crippen molar-refractivity contribution in [2.75, 3.05) is 20.6 Å². The Kier molecular flexibility index (Phi) is 5.79. The Morgan fingerprint density at radius 1 is 1.22 bits per heavy atom. The molecule has 23 heavy (non-hydrogen) atoms. The second kappa shape index (κ2) is 7.81. The Morgan fingerprint density at radius 3 is 2.48 bits per heavy atom. The van der Waals surface area contributed by atoms with E-state index in [4.69, 9.17) is 4.52 Å². The molecule has 1 heterocycles. The van der Waals surface area contributed by atoms with Crippen LogP contribution in [0.2, 0.25) is 0 Å². The van der Waals surface area contributed by atoms with Gasteiger partial charge in [0, 0.05) is 32.7 Å². The second-order valence-electron chi connectivity index (χ2n) is 5.87. The number of aryl methyl sites for hydroxylation is 3. The van der Waals surface area contributed by atoms with Crippen molar-refractivity contribution in [2.45, 2.75) is 33.7 Å². The van der Waals surface area contributed by atoms with Gasteiger partial charge in [-0.3, -0.25) is 4.99 Å². The maximum atomic E-state index is 5.20. The first-order valence-electron chi connectivity index (χ1n) is 7.90. The molecular weight excluding hydrogens is 288 g/mol. The van der Waals surface area contributed by atoms with E-state index >= 15 is 0 Å². The number of rotatable bonds is 5. The third-order valence-corrected chi connectivity index (χ3v) is 3.95. The zero-order valence-electron chi connectivity index (χ0n) is 14.7. The number of hydrogen-bond acceptors (Lipinski definition) is 3. The van der Waals surface area contributed by atoms with Crippen molar-refractivity contribution in [1.82, 2.24) is 15.4 Å². The third kappa shape index (κ3) is 4.58. The molecule has 2 aromatic rings. The van der Waals surface area contributed by atoms with Crippen molar-refractivity contribution in [3.8, 4) is 0 Å². The molecule has 1 aromatic heterocycles. The lowest BCUT2D eigenvalue weighted by atomic mass is 10.1. The van der Waals surface area contributed by atoms with Gasteiger partial charge in [-0.25, -0.2) is 0 Å². The van der Waals surface area contributed by atoms with Crippen LogP contribution >= 0.6 is 0 Å². The van der Waals surface area contributed by atoms with Gasteiger partial charge in [0.05, 0.1) is 5.69 Å². The van der Waals surface area contributed by atoms with Crippen LogP contribution in [0.1, 0.15) is 28.1 Å². The highest BCUT2D eigenvalue weighted by atomic mass is 16.5. The summed E-state index contributed by atoms with van der Waals surface area (Å²) in [5.74, 6) is 1.78. The number of nitrogens with one attached hydrogen (secondary N) is 1. The summed E-state index contributed by atoms with van der Waals surface area (Å²) in [6, 6.07) is 8.58. The average Bonchev–Trinajstić information content (AvgIpc) is 2.85. The van der Waals surface area contributed by atoms with E-state index in [0.29, 0.717) is 0 Å². The van der Waals surface area contributed by atoms with E-state index < -0.39 is 0 Å². The molecule has 0 unspecified atom stereocenters. The zero-order chi connectivity index (χ0) is 16.8.